The lowest BCUT2D eigenvalue weighted by Gasteiger charge is -2.21. The molecule has 216 valence electrons. The van der Waals surface area contributed by atoms with Crippen LogP contribution in [0.1, 0.15) is 57.9 Å². The molecule has 1 atom stereocenters. The molecule has 0 aliphatic carbocycles. The lowest BCUT2D eigenvalue weighted by atomic mass is 9.99. The third-order valence-corrected chi connectivity index (χ3v) is 11.0. The number of amides is 1. The summed E-state index contributed by atoms with van der Waals surface area (Å²) in [4.78, 5) is 16.1. The fraction of sp³-hybridized carbons (Fsp3) is 0.387. The normalized spacial score (nSPS) is 18.1. The van der Waals surface area contributed by atoms with Gasteiger partial charge in [-0.1, -0.05) is 87.4 Å². The molecule has 1 aromatic heterocycles. The predicted octanol–water partition coefficient (Wildman–Crippen LogP) is 6.74. The lowest BCUT2D eigenvalue weighted by Crippen LogP contribution is -2.33. The minimum Gasteiger partial charge on any atom is -0.293 e. The van der Waals surface area contributed by atoms with Crippen molar-refractivity contribution in [1.29, 1.82) is 0 Å². The molecular formula is C31H36N4O3S3. The van der Waals surface area contributed by atoms with Crippen LogP contribution in [0.3, 0.4) is 0 Å². The topological polar surface area (TPSA) is 75.5 Å². The number of aromatic nitrogens is 2. The van der Waals surface area contributed by atoms with Crippen molar-refractivity contribution in [2.75, 3.05) is 19.6 Å². The Morgan fingerprint density at radius 3 is 2.54 bits per heavy atom. The first-order chi connectivity index (χ1) is 19.8. The molecule has 3 heterocycles. The molecule has 10 heteroatoms. The van der Waals surface area contributed by atoms with E-state index in [2.05, 4.69) is 13.8 Å². The Kier molecular flexibility index (Phi) is 9.43. The highest BCUT2D eigenvalue weighted by molar-refractivity contribution is 8.26. The van der Waals surface area contributed by atoms with Crippen LogP contribution in [0.5, 0.6) is 0 Å². The summed E-state index contributed by atoms with van der Waals surface area (Å²) in [5.41, 5.74) is 2.87. The Hall–Kier alpha value is -2.79. The summed E-state index contributed by atoms with van der Waals surface area (Å²) in [5.74, 6) is 0.326. The second-order valence-corrected chi connectivity index (χ2v) is 14.2. The van der Waals surface area contributed by atoms with Crippen molar-refractivity contribution in [3.63, 3.8) is 0 Å². The van der Waals surface area contributed by atoms with Crippen molar-refractivity contribution in [1.82, 2.24) is 19.0 Å². The van der Waals surface area contributed by atoms with Crippen LogP contribution in [0, 0.1) is 5.92 Å². The average Bonchev–Trinajstić information content (AvgIpc) is 3.73. The maximum absolute atomic E-state index is 13.5. The number of carbonyl (C=O) groups is 1. The fourth-order valence-corrected chi connectivity index (χ4v) is 8.12. The Bertz CT molecular complexity index is 1540. The molecule has 2 aromatic carbocycles. The van der Waals surface area contributed by atoms with Crippen LogP contribution in [-0.4, -0.2) is 57.3 Å². The number of unbranched alkanes of at least 4 members (excludes halogenated alkanes) is 1. The van der Waals surface area contributed by atoms with Crippen LogP contribution in [0.4, 0.5) is 0 Å². The van der Waals surface area contributed by atoms with Crippen molar-refractivity contribution in [2.24, 2.45) is 5.92 Å². The van der Waals surface area contributed by atoms with Gasteiger partial charge in [-0.05, 0) is 55.5 Å². The van der Waals surface area contributed by atoms with Crippen LogP contribution in [0.25, 0.3) is 23.0 Å². The smallest absolute Gasteiger partial charge is 0.266 e. The zero-order valence-electron chi connectivity index (χ0n) is 23.5. The second-order valence-electron chi connectivity index (χ2n) is 10.6. The molecular weight excluding hydrogens is 573 g/mol. The third kappa shape index (κ3) is 6.51. The van der Waals surface area contributed by atoms with Crippen LogP contribution in [0.15, 0.2) is 70.6 Å². The second kappa shape index (κ2) is 13.0. The van der Waals surface area contributed by atoms with Crippen LogP contribution in [0.2, 0.25) is 0 Å². The van der Waals surface area contributed by atoms with E-state index in [4.69, 9.17) is 17.3 Å². The molecule has 2 fully saturated rings. The summed E-state index contributed by atoms with van der Waals surface area (Å²) in [6.07, 6.45) is 9.82. The molecule has 0 radical (unpaired) electrons. The number of benzene rings is 2. The maximum Gasteiger partial charge on any atom is 0.266 e. The summed E-state index contributed by atoms with van der Waals surface area (Å²) in [5, 5.41) is 4.87. The van der Waals surface area contributed by atoms with Crippen molar-refractivity contribution in [3.05, 3.63) is 71.3 Å². The highest BCUT2D eigenvalue weighted by atomic mass is 32.2. The lowest BCUT2D eigenvalue weighted by molar-refractivity contribution is -0.122. The van der Waals surface area contributed by atoms with E-state index in [0.717, 1.165) is 49.8 Å². The highest BCUT2D eigenvalue weighted by Gasteiger charge is 2.34. The predicted molar refractivity (Wildman–Crippen MR) is 170 cm³/mol. The van der Waals surface area contributed by atoms with Crippen molar-refractivity contribution < 1.29 is 13.2 Å². The van der Waals surface area contributed by atoms with E-state index in [1.807, 2.05) is 48.7 Å². The average molecular weight is 609 g/mol. The Labute approximate surface area is 252 Å². The molecule has 0 N–H and O–H groups in total. The minimum absolute atomic E-state index is 0.0845. The van der Waals surface area contributed by atoms with Crippen LogP contribution >= 0.6 is 24.0 Å². The third-order valence-electron chi connectivity index (χ3n) is 7.72. The number of thiocarbonyl (C=S) groups is 1. The highest BCUT2D eigenvalue weighted by Crippen LogP contribution is 2.36. The molecule has 3 aromatic rings. The molecule has 2 saturated heterocycles. The molecule has 0 spiro atoms. The summed E-state index contributed by atoms with van der Waals surface area (Å²) < 4.78 is 30.5. The molecule has 5 rings (SSSR count). The SMILES string of the molecule is CCCCC(CC)CN1C(=O)/C(=C/c2cn(-c3ccccc3)nc2-c2cccc(S(=O)(=O)N3CCCC3)c2)SC1=S. The van der Waals surface area contributed by atoms with Gasteiger partial charge in [0, 0.05) is 37.0 Å². The van der Waals surface area contributed by atoms with E-state index in [-0.39, 0.29) is 10.8 Å². The van der Waals surface area contributed by atoms with Gasteiger partial charge >= 0.3 is 0 Å². The number of carbonyl (C=O) groups excluding carboxylic acids is 1. The zero-order valence-corrected chi connectivity index (χ0v) is 26.0. The van der Waals surface area contributed by atoms with Crippen molar-refractivity contribution >= 4 is 50.3 Å². The van der Waals surface area contributed by atoms with Gasteiger partial charge < -0.3 is 0 Å². The van der Waals surface area contributed by atoms with Gasteiger partial charge in [-0.25, -0.2) is 13.1 Å². The van der Waals surface area contributed by atoms with Crippen molar-refractivity contribution in [2.45, 2.75) is 57.3 Å². The van der Waals surface area contributed by atoms with Gasteiger partial charge in [0.1, 0.15) is 10.0 Å². The largest absolute Gasteiger partial charge is 0.293 e. The fourth-order valence-electron chi connectivity index (χ4n) is 5.29. The van der Waals surface area contributed by atoms with Gasteiger partial charge in [0.05, 0.1) is 15.5 Å². The molecule has 41 heavy (non-hydrogen) atoms. The molecule has 0 saturated carbocycles. The summed E-state index contributed by atoms with van der Waals surface area (Å²) in [6, 6.07) is 16.7. The summed E-state index contributed by atoms with van der Waals surface area (Å²) in [6.45, 7) is 6.06. The van der Waals surface area contributed by atoms with Gasteiger partial charge in [-0.3, -0.25) is 9.69 Å². The molecule has 1 unspecified atom stereocenters. The van der Waals surface area contributed by atoms with E-state index in [1.165, 1.54) is 11.8 Å². The zero-order chi connectivity index (χ0) is 29.0. The summed E-state index contributed by atoms with van der Waals surface area (Å²) in [7, 11) is -3.59. The van der Waals surface area contributed by atoms with E-state index < -0.39 is 10.0 Å². The van der Waals surface area contributed by atoms with E-state index >= 15 is 0 Å². The maximum atomic E-state index is 13.5. The Balaban J connectivity index is 1.52. The van der Waals surface area contributed by atoms with Crippen LogP contribution < -0.4 is 0 Å². The number of rotatable bonds is 11. The molecule has 2 aliphatic rings. The summed E-state index contributed by atoms with van der Waals surface area (Å²) >= 11 is 6.96. The van der Waals surface area contributed by atoms with Gasteiger partial charge in [-0.15, -0.1) is 0 Å². The Morgan fingerprint density at radius 1 is 1.07 bits per heavy atom. The van der Waals surface area contributed by atoms with Gasteiger partial charge in [0.25, 0.3) is 5.91 Å². The van der Waals surface area contributed by atoms with E-state index in [9.17, 15) is 13.2 Å². The quantitative estimate of drug-likeness (QED) is 0.177. The van der Waals surface area contributed by atoms with Gasteiger partial charge in [0.15, 0.2) is 0 Å². The number of thioether (sulfide) groups is 1. The monoisotopic (exact) mass is 608 g/mol. The van der Waals surface area contributed by atoms with E-state index in [0.29, 0.717) is 46.0 Å². The van der Waals surface area contributed by atoms with Gasteiger partial charge in [0.2, 0.25) is 10.0 Å². The number of hydrogen-bond donors (Lipinski definition) is 0. The number of nitrogens with zero attached hydrogens (tertiary/aromatic N) is 4. The standard InChI is InChI=1S/C31H36N4O3S3/c1-3-5-12-23(4-2)21-34-30(36)28(40-31(34)39)20-25-22-35(26-14-7-6-8-15-26)32-29(25)24-13-11-16-27(19-24)41(37,38)33-17-9-10-18-33/h6-8,11,13-16,19-20,22-23H,3-5,9-10,12,17-18,21H2,1-2H3/b28-20-. The molecule has 0 bridgehead atoms. The number of sulfonamides is 1. The molecule has 1 amide bonds. The van der Waals surface area contributed by atoms with Crippen molar-refractivity contribution in [3.8, 4) is 16.9 Å². The first-order valence-corrected chi connectivity index (χ1v) is 17.0. The number of para-hydroxylation sites is 1. The van der Waals surface area contributed by atoms with Crippen LogP contribution in [-0.2, 0) is 14.8 Å². The number of hydrogen-bond acceptors (Lipinski definition) is 6. The first kappa shape index (κ1) is 29.7. The minimum atomic E-state index is -3.59. The van der Waals surface area contributed by atoms with E-state index in [1.54, 1.807) is 32.1 Å². The molecule has 7 nitrogen and oxygen atoms in total. The Morgan fingerprint density at radius 2 is 1.83 bits per heavy atom. The first-order valence-electron chi connectivity index (χ1n) is 14.3. The van der Waals surface area contributed by atoms with Gasteiger partial charge in [-0.2, -0.15) is 9.40 Å². The molecule has 2 aliphatic heterocycles.